The van der Waals surface area contributed by atoms with Crippen molar-refractivity contribution in [3.8, 4) is 5.75 Å². The molecule has 7 heteroatoms. The number of hydrogen-bond acceptors (Lipinski definition) is 4. The zero-order chi connectivity index (χ0) is 18.2. The molecule has 0 saturated carbocycles. The summed E-state index contributed by atoms with van der Waals surface area (Å²) < 4.78 is 0. The Morgan fingerprint density at radius 2 is 2.04 bits per heavy atom. The van der Waals surface area contributed by atoms with E-state index in [1.807, 2.05) is 0 Å². The van der Waals surface area contributed by atoms with Gasteiger partial charge in [-0.2, -0.15) is 0 Å². The Kier molecular flexibility index (Phi) is 6.80. The third-order valence-electron chi connectivity index (χ3n) is 4.18. The van der Waals surface area contributed by atoms with Crippen LogP contribution in [0, 0.1) is 0 Å². The zero-order valence-electron chi connectivity index (χ0n) is 14.5. The smallest absolute Gasteiger partial charge is 0.255 e. The minimum absolute atomic E-state index is 0.0936. The van der Waals surface area contributed by atoms with Crippen molar-refractivity contribution in [1.29, 1.82) is 0 Å². The van der Waals surface area contributed by atoms with Crippen LogP contribution in [-0.4, -0.2) is 47.4 Å². The second-order valence-corrected chi connectivity index (χ2v) is 6.08. The van der Waals surface area contributed by atoms with E-state index in [1.165, 1.54) is 18.2 Å². The summed E-state index contributed by atoms with van der Waals surface area (Å²) in [4.78, 5) is 37.4. The number of carbonyl (C=O) groups is 3. The number of anilines is 1. The van der Waals surface area contributed by atoms with E-state index in [-0.39, 0.29) is 23.1 Å². The summed E-state index contributed by atoms with van der Waals surface area (Å²) in [6.07, 6.45) is 3.85. The van der Waals surface area contributed by atoms with Crippen molar-refractivity contribution < 1.29 is 19.5 Å². The van der Waals surface area contributed by atoms with E-state index >= 15 is 0 Å². The summed E-state index contributed by atoms with van der Waals surface area (Å²) >= 11 is 0. The van der Waals surface area contributed by atoms with Gasteiger partial charge < -0.3 is 20.6 Å². The lowest BCUT2D eigenvalue weighted by molar-refractivity contribution is -0.130. The van der Waals surface area contributed by atoms with Crippen molar-refractivity contribution in [2.75, 3.05) is 25.0 Å². The maximum absolute atomic E-state index is 12.3. The number of likely N-dealkylation sites (tertiary alicyclic amines) is 1. The number of amides is 3. The topological polar surface area (TPSA) is 98.7 Å². The van der Waals surface area contributed by atoms with Gasteiger partial charge in [0, 0.05) is 38.2 Å². The number of hydrogen-bond donors (Lipinski definition) is 3. The molecule has 7 nitrogen and oxygen atoms in total. The minimum Gasteiger partial charge on any atom is -0.507 e. The molecule has 1 aliphatic rings. The lowest BCUT2D eigenvalue weighted by Crippen LogP contribution is -2.38. The monoisotopic (exact) mass is 347 g/mol. The quantitative estimate of drug-likeness (QED) is 0.684. The van der Waals surface area contributed by atoms with E-state index in [0.717, 1.165) is 25.8 Å². The van der Waals surface area contributed by atoms with Crippen LogP contribution in [0.5, 0.6) is 5.75 Å². The number of carbonyl (C=O) groups excluding carboxylic acids is 3. The van der Waals surface area contributed by atoms with Gasteiger partial charge >= 0.3 is 0 Å². The van der Waals surface area contributed by atoms with E-state index in [4.69, 9.17) is 0 Å². The Hall–Kier alpha value is -2.57. The fourth-order valence-electron chi connectivity index (χ4n) is 2.72. The Morgan fingerprint density at radius 3 is 2.80 bits per heavy atom. The third kappa shape index (κ3) is 5.48. The number of benzene rings is 1. The van der Waals surface area contributed by atoms with E-state index in [9.17, 15) is 19.5 Å². The standard InChI is InChI=1S/C18H25N3O4/c1-2-16(23)20-13-7-8-15(22)14(12-13)18(25)19-9-11-21-10-5-3-4-6-17(21)24/h7-8,12,22H,2-6,9-11H2,1H3,(H,19,25)(H,20,23). The number of nitrogens with zero attached hydrogens (tertiary/aromatic N) is 1. The molecular formula is C18H25N3O4. The largest absolute Gasteiger partial charge is 0.507 e. The van der Waals surface area contributed by atoms with Crippen LogP contribution in [0.4, 0.5) is 5.69 Å². The lowest BCUT2D eigenvalue weighted by atomic mass is 10.1. The molecule has 0 radical (unpaired) electrons. The van der Waals surface area contributed by atoms with Gasteiger partial charge in [0.1, 0.15) is 5.75 Å². The van der Waals surface area contributed by atoms with E-state index < -0.39 is 5.91 Å². The van der Waals surface area contributed by atoms with Gasteiger partial charge in [0.2, 0.25) is 11.8 Å². The third-order valence-corrected chi connectivity index (χ3v) is 4.18. The van der Waals surface area contributed by atoms with E-state index in [2.05, 4.69) is 10.6 Å². The summed E-state index contributed by atoms with van der Waals surface area (Å²) in [5.74, 6) is -0.638. The molecule has 25 heavy (non-hydrogen) atoms. The van der Waals surface area contributed by atoms with Gasteiger partial charge in [0.25, 0.3) is 5.91 Å². The number of rotatable bonds is 6. The number of aromatic hydroxyl groups is 1. The Balaban J connectivity index is 1.92. The number of phenols is 1. The first-order valence-corrected chi connectivity index (χ1v) is 8.70. The highest BCUT2D eigenvalue weighted by molar-refractivity contribution is 5.99. The average molecular weight is 347 g/mol. The predicted octanol–water partition coefficient (Wildman–Crippen LogP) is 1.87. The molecule has 136 valence electrons. The highest BCUT2D eigenvalue weighted by atomic mass is 16.3. The first-order valence-electron chi connectivity index (χ1n) is 8.70. The summed E-state index contributed by atoms with van der Waals surface area (Å²) in [6, 6.07) is 4.35. The normalized spacial score (nSPS) is 14.8. The molecule has 1 fully saturated rings. The molecule has 0 aromatic heterocycles. The fourth-order valence-corrected chi connectivity index (χ4v) is 2.72. The zero-order valence-corrected chi connectivity index (χ0v) is 14.5. The molecule has 0 aliphatic carbocycles. The first-order chi connectivity index (χ1) is 12.0. The minimum atomic E-state index is -0.438. The molecule has 1 aliphatic heterocycles. The summed E-state index contributed by atoms with van der Waals surface area (Å²) in [5.41, 5.74) is 0.550. The van der Waals surface area contributed by atoms with Crippen molar-refractivity contribution in [2.24, 2.45) is 0 Å². The molecule has 0 spiro atoms. The number of phenolic OH excluding ortho intramolecular Hbond substituents is 1. The Labute approximate surface area is 147 Å². The average Bonchev–Trinajstić information content (AvgIpc) is 2.81. The summed E-state index contributed by atoms with van der Waals surface area (Å²) in [5, 5.41) is 15.3. The molecule has 2 rings (SSSR count). The molecule has 0 unspecified atom stereocenters. The van der Waals surface area contributed by atoms with Gasteiger partial charge in [-0.05, 0) is 31.0 Å². The Morgan fingerprint density at radius 1 is 1.24 bits per heavy atom. The molecule has 0 bridgehead atoms. The predicted molar refractivity (Wildman–Crippen MR) is 94.4 cm³/mol. The molecular weight excluding hydrogens is 322 g/mol. The SMILES string of the molecule is CCC(=O)Nc1ccc(O)c(C(=O)NCCN2CCCCCC2=O)c1. The van der Waals surface area contributed by atoms with Crippen molar-refractivity contribution in [2.45, 2.75) is 39.0 Å². The van der Waals surface area contributed by atoms with Crippen LogP contribution in [0.1, 0.15) is 49.4 Å². The first kappa shape index (κ1) is 18.8. The van der Waals surface area contributed by atoms with Crippen molar-refractivity contribution in [3.63, 3.8) is 0 Å². The molecule has 1 saturated heterocycles. The summed E-state index contributed by atoms with van der Waals surface area (Å²) in [7, 11) is 0. The van der Waals surface area contributed by atoms with Crippen LogP contribution in [-0.2, 0) is 9.59 Å². The van der Waals surface area contributed by atoms with E-state index in [0.29, 0.717) is 31.6 Å². The van der Waals surface area contributed by atoms with E-state index in [1.54, 1.807) is 11.8 Å². The van der Waals surface area contributed by atoms with Crippen LogP contribution >= 0.6 is 0 Å². The van der Waals surface area contributed by atoms with Crippen molar-refractivity contribution in [1.82, 2.24) is 10.2 Å². The molecule has 1 heterocycles. The molecule has 1 aromatic rings. The van der Waals surface area contributed by atoms with Gasteiger partial charge in [-0.1, -0.05) is 13.3 Å². The van der Waals surface area contributed by atoms with Crippen LogP contribution in [0.15, 0.2) is 18.2 Å². The van der Waals surface area contributed by atoms with Crippen LogP contribution in [0.3, 0.4) is 0 Å². The highest BCUT2D eigenvalue weighted by Gasteiger charge is 2.17. The molecule has 3 amide bonds. The fraction of sp³-hybridized carbons (Fsp3) is 0.500. The number of nitrogens with one attached hydrogen (secondary N) is 2. The van der Waals surface area contributed by atoms with Gasteiger partial charge in [-0.3, -0.25) is 14.4 Å². The molecule has 1 aromatic carbocycles. The van der Waals surface area contributed by atoms with Crippen LogP contribution in [0.2, 0.25) is 0 Å². The maximum Gasteiger partial charge on any atom is 0.255 e. The van der Waals surface area contributed by atoms with Gasteiger partial charge in [-0.25, -0.2) is 0 Å². The second kappa shape index (κ2) is 9.05. The highest BCUT2D eigenvalue weighted by Crippen LogP contribution is 2.21. The van der Waals surface area contributed by atoms with Crippen molar-refractivity contribution in [3.05, 3.63) is 23.8 Å². The van der Waals surface area contributed by atoms with Gasteiger partial charge in [-0.15, -0.1) is 0 Å². The van der Waals surface area contributed by atoms with Gasteiger partial charge in [0.15, 0.2) is 0 Å². The molecule has 0 atom stereocenters. The Bertz CT molecular complexity index is 645. The summed E-state index contributed by atoms with van der Waals surface area (Å²) in [6.45, 7) is 3.22. The second-order valence-electron chi connectivity index (χ2n) is 6.08. The molecule has 3 N–H and O–H groups in total. The lowest BCUT2D eigenvalue weighted by Gasteiger charge is -2.20. The van der Waals surface area contributed by atoms with Gasteiger partial charge in [0.05, 0.1) is 5.56 Å². The van der Waals surface area contributed by atoms with Crippen LogP contribution < -0.4 is 10.6 Å². The maximum atomic E-state index is 12.3. The van der Waals surface area contributed by atoms with Crippen LogP contribution in [0.25, 0.3) is 0 Å². The van der Waals surface area contributed by atoms with Crippen molar-refractivity contribution >= 4 is 23.4 Å².